The van der Waals surface area contributed by atoms with E-state index in [2.05, 4.69) is 26.5 Å². The van der Waals surface area contributed by atoms with Crippen LogP contribution >= 0.6 is 27.5 Å². The molecule has 1 amide bonds. The number of rotatable bonds is 7. The van der Waals surface area contributed by atoms with Crippen LogP contribution in [0.5, 0.6) is 11.5 Å². The maximum Gasteiger partial charge on any atom is 0.343 e. The number of carbonyl (C=O) groups is 2. The molecule has 0 heterocycles. The fraction of sp³-hybridized carbons (Fsp3) is 0.0455. The first-order chi connectivity index (χ1) is 14.5. The Labute approximate surface area is 186 Å². The Bertz CT molecular complexity index is 1050. The predicted octanol–water partition coefficient (Wildman–Crippen LogP) is 4.85. The Morgan fingerprint density at radius 2 is 1.70 bits per heavy atom. The molecule has 0 spiro atoms. The maximum absolute atomic E-state index is 12.1. The van der Waals surface area contributed by atoms with Crippen molar-refractivity contribution < 1.29 is 19.1 Å². The van der Waals surface area contributed by atoms with Crippen molar-refractivity contribution in [2.75, 3.05) is 6.61 Å². The second-order valence-electron chi connectivity index (χ2n) is 6.00. The van der Waals surface area contributed by atoms with Gasteiger partial charge < -0.3 is 9.47 Å². The minimum absolute atomic E-state index is 0.155. The largest absolute Gasteiger partial charge is 0.484 e. The van der Waals surface area contributed by atoms with Crippen LogP contribution in [-0.4, -0.2) is 24.7 Å². The number of carbonyl (C=O) groups excluding carboxylic acids is 2. The van der Waals surface area contributed by atoms with Gasteiger partial charge in [0.1, 0.15) is 11.5 Å². The molecule has 0 unspecified atom stereocenters. The fourth-order valence-electron chi connectivity index (χ4n) is 2.29. The van der Waals surface area contributed by atoms with E-state index >= 15 is 0 Å². The number of hydrazone groups is 1. The molecule has 0 atom stereocenters. The Morgan fingerprint density at radius 1 is 1.00 bits per heavy atom. The summed E-state index contributed by atoms with van der Waals surface area (Å²) in [6.07, 6.45) is 1.47. The average Bonchev–Trinajstić information content (AvgIpc) is 2.74. The van der Waals surface area contributed by atoms with Crippen LogP contribution in [0.2, 0.25) is 5.02 Å². The van der Waals surface area contributed by atoms with Gasteiger partial charge in [0.2, 0.25) is 0 Å². The van der Waals surface area contributed by atoms with Gasteiger partial charge >= 0.3 is 5.97 Å². The molecule has 30 heavy (non-hydrogen) atoms. The standard InChI is InChI=1S/C22H16BrClN2O4/c23-17-6-10-19(11-7-17)29-14-21(27)26-25-13-15-4-8-20(9-5-15)30-22(28)16-2-1-3-18(24)12-16/h1-13H,14H2,(H,26,27)/b25-13-. The Morgan fingerprint density at radius 3 is 2.40 bits per heavy atom. The van der Waals surface area contributed by atoms with Crippen LogP contribution in [0.1, 0.15) is 15.9 Å². The minimum Gasteiger partial charge on any atom is -0.484 e. The van der Waals surface area contributed by atoms with Crippen molar-refractivity contribution in [2.24, 2.45) is 5.10 Å². The molecule has 0 saturated carbocycles. The van der Waals surface area contributed by atoms with Crippen molar-refractivity contribution in [1.82, 2.24) is 5.43 Å². The molecule has 152 valence electrons. The third kappa shape index (κ3) is 6.72. The smallest absolute Gasteiger partial charge is 0.343 e. The van der Waals surface area contributed by atoms with E-state index in [1.54, 1.807) is 54.6 Å². The molecule has 0 bridgehead atoms. The summed E-state index contributed by atoms with van der Waals surface area (Å²) >= 11 is 9.21. The Balaban J connectivity index is 1.46. The molecule has 0 aliphatic heterocycles. The lowest BCUT2D eigenvalue weighted by Gasteiger charge is -2.05. The molecule has 0 aliphatic carbocycles. The van der Waals surface area contributed by atoms with Gasteiger partial charge in [0.05, 0.1) is 11.8 Å². The number of halogens is 2. The summed E-state index contributed by atoms with van der Waals surface area (Å²) in [5, 5.41) is 4.34. The third-order valence-corrected chi connectivity index (χ3v) is 4.50. The van der Waals surface area contributed by atoms with Gasteiger partial charge in [0, 0.05) is 9.50 Å². The van der Waals surface area contributed by atoms with Crippen LogP contribution in [-0.2, 0) is 4.79 Å². The molecule has 0 aliphatic rings. The van der Waals surface area contributed by atoms with Crippen LogP contribution in [0, 0.1) is 0 Å². The zero-order valence-corrected chi connectivity index (χ0v) is 17.9. The summed E-state index contributed by atoms with van der Waals surface area (Å²) in [5.41, 5.74) is 3.46. The summed E-state index contributed by atoms with van der Waals surface area (Å²) in [6.45, 7) is -0.155. The first kappa shape index (κ1) is 21.5. The van der Waals surface area contributed by atoms with E-state index in [9.17, 15) is 9.59 Å². The van der Waals surface area contributed by atoms with Crippen LogP contribution in [0.4, 0.5) is 0 Å². The van der Waals surface area contributed by atoms with E-state index in [-0.39, 0.29) is 12.5 Å². The van der Waals surface area contributed by atoms with Crippen molar-refractivity contribution in [3.05, 3.63) is 93.4 Å². The fourth-order valence-corrected chi connectivity index (χ4v) is 2.75. The van der Waals surface area contributed by atoms with E-state index in [1.807, 2.05) is 12.1 Å². The van der Waals surface area contributed by atoms with E-state index in [1.165, 1.54) is 12.3 Å². The average molecular weight is 488 g/mol. The Hall–Kier alpha value is -3.16. The molecule has 8 heteroatoms. The van der Waals surface area contributed by atoms with Crippen molar-refractivity contribution >= 4 is 45.6 Å². The zero-order chi connectivity index (χ0) is 21.3. The topological polar surface area (TPSA) is 77.0 Å². The molecule has 0 fully saturated rings. The number of hydrogen-bond acceptors (Lipinski definition) is 5. The molecule has 6 nitrogen and oxygen atoms in total. The first-order valence-corrected chi connectivity index (χ1v) is 9.95. The second kappa shape index (κ2) is 10.6. The SMILES string of the molecule is O=C(COc1ccc(Br)cc1)N/N=C\c1ccc(OC(=O)c2cccc(Cl)c2)cc1. The van der Waals surface area contributed by atoms with Gasteiger partial charge in [-0.1, -0.05) is 33.6 Å². The van der Waals surface area contributed by atoms with Crippen molar-refractivity contribution in [3.8, 4) is 11.5 Å². The molecular weight excluding hydrogens is 472 g/mol. The predicted molar refractivity (Wildman–Crippen MR) is 118 cm³/mol. The van der Waals surface area contributed by atoms with Crippen LogP contribution in [0.15, 0.2) is 82.4 Å². The molecule has 0 radical (unpaired) electrons. The van der Waals surface area contributed by atoms with Crippen LogP contribution in [0.25, 0.3) is 0 Å². The summed E-state index contributed by atoms with van der Waals surface area (Å²) in [7, 11) is 0. The number of nitrogens with zero attached hydrogens (tertiary/aromatic N) is 1. The van der Waals surface area contributed by atoms with Gasteiger partial charge in [-0.05, 0) is 72.3 Å². The van der Waals surface area contributed by atoms with Crippen molar-refractivity contribution in [1.29, 1.82) is 0 Å². The highest BCUT2D eigenvalue weighted by Crippen LogP contribution is 2.17. The van der Waals surface area contributed by atoms with Gasteiger partial charge in [0.15, 0.2) is 6.61 Å². The highest BCUT2D eigenvalue weighted by atomic mass is 79.9. The third-order valence-electron chi connectivity index (χ3n) is 3.74. The molecule has 1 N–H and O–H groups in total. The lowest BCUT2D eigenvalue weighted by atomic mass is 10.2. The summed E-state index contributed by atoms with van der Waals surface area (Å²) in [5.74, 6) is 0.0718. The van der Waals surface area contributed by atoms with E-state index in [4.69, 9.17) is 21.1 Å². The molecule has 3 aromatic rings. The summed E-state index contributed by atoms with van der Waals surface area (Å²) < 4.78 is 11.6. The van der Waals surface area contributed by atoms with Crippen LogP contribution < -0.4 is 14.9 Å². The normalized spacial score (nSPS) is 10.6. The van der Waals surface area contributed by atoms with Gasteiger partial charge in [-0.3, -0.25) is 4.79 Å². The van der Waals surface area contributed by atoms with Gasteiger partial charge in [-0.2, -0.15) is 5.10 Å². The first-order valence-electron chi connectivity index (χ1n) is 8.78. The van der Waals surface area contributed by atoms with Crippen LogP contribution in [0.3, 0.4) is 0 Å². The van der Waals surface area contributed by atoms with Gasteiger partial charge in [-0.25, -0.2) is 10.2 Å². The van der Waals surface area contributed by atoms with Gasteiger partial charge in [0.25, 0.3) is 5.91 Å². The Kier molecular flexibility index (Phi) is 7.59. The molecular formula is C22H16BrClN2O4. The number of amides is 1. The quantitative estimate of drug-likeness (QED) is 0.224. The number of hydrogen-bond donors (Lipinski definition) is 1. The van der Waals surface area contributed by atoms with Gasteiger partial charge in [-0.15, -0.1) is 0 Å². The lowest BCUT2D eigenvalue weighted by molar-refractivity contribution is -0.123. The highest BCUT2D eigenvalue weighted by Gasteiger charge is 2.08. The summed E-state index contributed by atoms with van der Waals surface area (Å²) in [4.78, 5) is 23.9. The van der Waals surface area contributed by atoms with Crippen molar-refractivity contribution in [3.63, 3.8) is 0 Å². The van der Waals surface area contributed by atoms with E-state index in [0.717, 1.165) is 4.47 Å². The number of esters is 1. The molecule has 3 rings (SSSR count). The molecule has 0 aromatic heterocycles. The van der Waals surface area contributed by atoms with Crippen molar-refractivity contribution in [2.45, 2.75) is 0 Å². The number of nitrogens with one attached hydrogen (secondary N) is 1. The number of benzene rings is 3. The zero-order valence-electron chi connectivity index (χ0n) is 15.5. The van der Waals surface area contributed by atoms with E-state index in [0.29, 0.717) is 27.6 Å². The summed E-state index contributed by atoms with van der Waals surface area (Å²) in [6, 6.07) is 20.3. The lowest BCUT2D eigenvalue weighted by Crippen LogP contribution is -2.24. The molecule has 3 aromatic carbocycles. The van der Waals surface area contributed by atoms with E-state index < -0.39 is 5.97 Å². The number of ether oxygens (including phenoxy) is 2. The second-order valence-corrected chi connectivity index (χ2v) is 7.36. The molecule has 0 saturated heterocycles. The maximum atomic E-state index is 12.1. The monoisotopic (exact) mass is 486 g/mol. The minimum atomic E-state index is -0.503. The highest BCUT2D eigenvalue weighted by molar-refractivity contribution is 9.10.